The largest absolute Gasteiger partial charge is 0.481 e. The van der Waals surface area contributed by atoms with E-state index in [-0.39, 0.29) is 50.1 Å². The highest BCUT2D eigenvalue weighted by atomic mass is 32.3. The first kappa shape index (κ1) is 83.9. The molecule has 38 heteroatoms. The maximum Gasteiger partial charge on any atom is 0.446 e. The van der Waals surface area contributed by atoms with E-state index >= 15 is 0 Å². The lowest BCUT2D eigenvalue weighted by atomic mass is 9.96. The number of nitrogens with two attached hydrogens (primary N) is 1. The number of nitrogens with one attached hydrogen (secondary N) is 9. The van der Waals surface area contributed by atoms with E-state index < -0.39 is 248 Å². The summed E-state index contributed by atoms with van der Waals surface area (Å²) in [6, 6.07) is -5.82. The Labute approximate surface area is 573 Å². The van der Waals surface area contributed by atoms with Gasteiger partial charge in [-0.3, -0.25) is 81.3 Å². The fourth-order valence-electron chi connectivity index (χ4n) is 10.1. The monoisotopic (exact) mass is 1430 g/mol. The fourth-order valence-corrected chi connectivity index (χ4v) is 10.5. The van der Waals surface area contributed by atoms with Gasteiger partial charge in [0.2, 0.25) is 59.1 Å². The summed E-state index contributed by atoms with van der Waals surface area (Å²) >= 11 is 0. The smallest absolute Gasteiger partial charge is 0.446 e. The molecule has 18 N–H and O–H groups in total. The molecule has 0 saturated carbocycles. The third kappa shape index (κ3) is 29.8. The molecule has 0 aromatic heterocycles. The molecule has 0 spiro atoms. The minimum Gasteiger partial charge on any atom is -0.481 e. The molecule has 1 aliphatic rings. The van der Waals surface area contributed by atoms with Gasteiger partial charge in [0, 0.05) is 45.1 Å². The summed E-state index contributed by atoms with van der Waals surface area (Å²) in [4.78, 5) is 213. The van der Waals surface area contributed by atoms with Crippen molar-refractivity contribution in [3.63, 3.8) is 0 Å². The number of aliphatic carboxylic acids is 6. The zero-order valence-electron chi connectivity index (χ0n) is 55.3. The van der Waals surface area contributed by atoms with E-state index in [0.717, 1.165) is 24.0 Å². The number of likely N-dealkylation sites (tertiary alicyclic amines) is 1. The van der Waals surface area contributed by atoms with Crippen LogP contribution in [0.4, 0.5) is 0 Å². The summed E-state index contributed by atoms with van der Waals surface area (Å²) in [5.74, 6) is -21.5. The van der Waals surface area contributed by atoms with Crippen molar-refractivity contribution in [3.8, 4) is 5.75 Å². The molecule has 0 bridgehead atoms. The third-order valence-electron chi connectivity index (χ3n) is 15.6. The van der Waals surface area contributed by atoms with Crippen LogP contribution >= 0.6 is 0 Å². The molecule has 1 fully saturated rings. The fraction of sp³-hybridized carbons (Fsp3) is 0.548. The minimum atomic E-state index is -5.00. The van der Waals surface area contributed by atoms with Gasteiger partial charge < -0.3 is 93.3 Å². The molecular formula is C62H87N11O26S. The lowest BCUT2D eigenvalue weighted by molar-refractivity contribution is -0.144. The normalized spacial score (nSPS) is 16.0. The average Bonchev–Trinajstić information content (AvgIpc) is 1.58. The van der Waals surface area contributed by atoms with E-state index in [4.69, 9.17) is 10.3 Å². The molecule has 0 unspecified atom stereocenters. The molecule has 0 aliphatic carbocycles. The number of hydrogen-bond acceptors (Lipinski definition) is 20. The molecule has 0 radical (unpaired) electrons. The molecule has 1 heterocycles. The van der Waals surface area contributed by atoms with Crippen molar-refractivity contribution in [1.29, 1.82) is 0 Å². The maximum atomic E-state index is 14.8. The Balaban J connectivity index is 1.99. The molecule has 3 rings (SSSR count). The summed E-state index contributed by atoms with van der Waals surface area (Å²) < 4.78 is 36.3. The van der Waals surface area contributed by atoms with Crippen molar-refractivity contribution in [2.75, 3.05) is 6.54 Å². The number of benzene rings is 2. The second kappa shape index (κ2) is 40.5. The first-order valence-electron chi connectivity index (χ1n) is 31.7. The van der Waals surface area contributed by atoms with Crippen molar-refractivity contribution < 1.29 is 125 Å². The summed E-state index contributed by atoms with van der Waals surface area (Å²) in [7, 11) is -5.00. The Hall–Kier alpha value is -10.4. The topological polar surface area (TPSA) is 596 Å². The van der Waals surface area contributed by atoms with Crippen LogP contribution in [0.25, 0.3) is 0 Å². The number of hydrogen-bond donors (Lipinski definition) is 17. The Bertz CT molecular complexity index is 3400. The number of carbonyl (C=O) groups is 16. The van der Waals surface area contributed by atoms with Gasteiger partial charge in [0.05, 0.1) is 12.5 Å². The number of rotatable bonds is 44. The van der Waals surface area contributed by atoms with Crippen molar-refractivity contribution in [1.82, 2.24) is 52.8 Å². The van der Waals surface area contributed by atoms with E-state index in [1.807, 2.05) is 0 Å². The van der Waals surface area contributed by atoms with E-state index in [9.17, 15) is 116 Å². The predicted octanol–water partition coefficient (Wildman–Crippen LogP) is -2.53. The predicted molar refractivity (Wildman–Crippen MR) is 345 cm³/mol. The van der Waals surface area contributed by atoms with Gasteiger partial charge in [-0.05, 0) is 87.0 Å². The van der Waals surface area contributed by atoms with Crippen molar-refractivity contribution in [2.24, 2.45) is 17.6 Å². The van der Waals surface area contributed by atoms with Gasteiger partial charge in [-0.1, -0.05) is 76.6 Å². The lowest BCUT2D eigenvalue weighted by Crippen LogP contribution is -2.61. The van der Waals surface area contributed by atoms with Gasteiger partial charge in [0.15, 0.2) is 0 Å². The van der Waals surface area contributed by atoms with E-state index in [1.54, 1.807) is 51.1 Å². The highest BCUT2D eigenvalue weighted by molar-refractivity contribution is 7.81. The van der Waals surface area contributed by atoms with Crippen LogP contribution in [0.2, 0.25) is 0 Å². The summed E-state index contributed by atoms with van der Waals surface area (Å²) in [6.07, 6.45) is -7.52. The average molecular weight is 1430 g/mol. The highest BCUT2D eigenvalue weighted by Gasteiger charge is 2.42. The molecule has 12 atom stereocenters. The maximum absolute atomic E-state index is 14.8. The van der Waals surface area contributed by atoms with Crippen LogP contribution in [0.3, 0.4) is 0 Å². The Morgan fingerprint density at radius 1 is 0.510 bits per heavy atom. The van der Waals surface area contributed by atoms with Gasteiger partial charge in [0.1, 0.15) is 66.2 Å². The van der Waals surface area contributed by atoms with Crippen molar-refractivity contribution in [3.05, 3.63) is 65.7 Å². The van der Waals surface area contributed by atoms with Gasteiger partial charge in [-0.25, -0.2) is 0 Å². The number of carbonyl (C=O) groups excluding carboxylic acids is 10. The molecule has 2 aromatic carbocycles. The Kier molecular flexibility index (Phi) is 34.0. The quantitative estimate of drug-likeness (QED) is 0.0304. The number of carboxylic acid groups (broad SMARTS) is 6. The van der Waals surface area contributed by atoms with Gasteiger partial charge in [-0.2, -0.15) is 8.42 Å². The van der Waals surface area contributed by atoms with Crippen LogP contribution in [0, 0.1) is 11.8 Å². The highest BCUT2D eigenvalue weighted by Crippen LogP contribution is 2.23. The molecular weight excluding hydrogens is 1350 g/mol. The molecule has 2 aromatic rings. The first-order valence-corrected chi connectivity index (χ1v) is 33.1. The third-order valence-corrected chi connectivity index (χ3v) is 16.1. The molecule has 1 aliphatic heterocycles. The van der Waals surface area contributed by atoms with Crippen LogP contribution in [0.15, 0.2) is 54.6 Å². The van der Waals surface area contributed by atoms with Crippen LogP contribution in [-0.4, -0.2) is 216 Å². The molecule has 552 valence electrons. The lowest BCUT2D eigenvalue weighted by Gasteiger charge is -2.33. The van der Waals surface area contributed by atoms with E-state index in [0.29, 0.717) is 5.56 Å². The number of carboxylic acids is 6. The van der Waals surface area contributed by atoms with Crippen LogP contribution in [0.1, 0.15) is 129 Å². The molecule has 10 amide bonds. The standard InChI is InChI=1S/C62H87N11O26S/c1-6-32(4)51(72-56(88)41(21-25-49(80)81)66-53(85)38(18-22-46(74)75)67-58(90)43(28-34-11-8-7-9-12-34)69-52(84)37(63)30-50(82)83)61(93)73-26-10-13-45(73)60(92)68-40(20-24-48(78)79)54(86)65-39(19-23-47(76)77)55(87)71-44(29-35-14-16-36(17-15-35)99-100(96,97)98)59(91)70-42(27-31(2)3)57(89)64-33(5)62(94)95/h7-9,11-12,14-17,31-33,37-45,51H,6,10,13,18-30,63H2,1-5H3,(H,64,89)(H,65,86)(H,66,85)(H,67,90)(H,68,92)(H,69,84)(H,70,91)(H,71,87)(H,72,88)(H,74,75)(H,76,77)(H,78,79)(H,80,81)(H,82,83)(H,94,95)(H,96,97,98)/t32-,33-,37-,38-,39-,40-,41-,42-,43-,44-,45-,51-/m0/s1. The zero-order valence-corrected chi connectivity index (χ0v) is 56.2. The Morgan fingerprint density at radius 2 is 0.900 bits per heavy atom. The van der Waals surface area contributed by atoms with Crippen LogP contribution in [0.5, 0.6) is 5.75 Å². The van der Waals surface area contributed by atoms with Gasteiger partial charge in [0.25, 0.3) is 0 Å². The van der Waals surface area contributed by atoms with E-state index in [2.05, 4.69) is 52.0 Å². The SMILES string of the molecule is CC[C@H](C)[C@H](NC(=O)[C@H](CCC(=O)O)NC(=O)[C@H](CCC(=O)O)NC(=O)[C@H](Cc1ccccc1)NC(=O)[C@@H](N)CC(=O)O)C(=O)N1CCC[C@H]1C(=O)N[C@@H](CCC(=O)O)C(=O)N[C@@H](CCC(=O)O)C(=O)N[C@@H](Cc1ccc(OS(=O)(=O)O)cc1)C(=O)N[C@@H](CC(C)C)C(=O)N[C@@H](C)C(=O)O. The Morgan fingerprint density at radius 3 is 1.31 bits per heavy atom. The van der Waals surface area contributed by atoms with Gasteiger partial charge >= 0.3 is 46.2 Å². The second-order valence-corrected chi connectivity index (χ2v) is 25.2. The van der Waals surface area contributed by atoms with Crippen molar-refractivity contribution >= 4 is 105 Å². The second-order valence-electron chi connectivity index (χ2n) is 24.2. The van der Waals surface area contributed by atoms with E-state index in [1.165, 1.54) is 19.1 Å². The summed E-state index contributed by atoms with van der Waals surface area (Å²) in [5.41, 5.74) is 6.36. The zero-order chi connectivity index (χ0) is 75.3. The summed E-state index contributed by atoms with van der Waals surface area (Å²) in [5, 5.41) is 78.7. The molecule has 1 saturated heterocycles. The number of amides is 10. The first-order chi connectivity index (χ1) is 46.8. The molecule has 100 heavy (non-hydrogen) atoms. The minimum absolute atomic E-state index is 0.0827. The molecule has 37 nitrogen and oxygen atoms in total. The number of nitrogens with zero attached hydrogens (tertiary/aromatic N) is 1. The van der Waals surface area contributed by atoms with Crippen LogP contribution in [-0.2, 0) is 100.0 Å². The van der Waals surface area contributed by atoms with Gasteiger partial charge in [-0.15, -0.1) is 0 Å². The van der Waals surface area contributed by atoms with Crippen molar-refractivity contribution in [2.45, 2.75) is 197 Å². The summed E-state index contributed by atoms with van der Waals surface area (Å²) in [6.45, 7) is 7.45. The van der Waals surface area contributed by atoms with Crippen LogP contribution < -0.4 is 57.8 Å².